The highest BCUT2D eigenvalue weighted by Gasteiger charge is 2.36. The lowest BCUT2D eigenvalue weighted by atomic mass is 10.1. The fourth-order valence-electron chi connectivity index (χ4n) is 1.98. The molecule has 3 nitrogen and oxygen atoms in total. The normalized spacial score (nSPS) is 12.2. The van der Waals surface area contributed by atoms with Gasteiger partial charge < -0.3 is 0 Å². The molecule has 0 bridgehead atoms. The number of hydrogen-bond acceptors (Lipinski definition) is 2. The number of aryl methyl sites for hydroxylation is 2. The Morgan fingerprint density at radius 2 is 1.64 bits per heavy atom. The molecule has 0 saturated heterocycles. The number of halogens is 3. The number of anilines is 1. The van der Waals surface area contributed by atoms with Crippen molar-refractivity contribution in [1.82, 2.24) is 0 Å². The lowest BCUT2D eigenvalue weighted by Crippen LogP contribution is -2.19. The summed E-state index contributed by atoms with van der Waals surface area (Å²) in [6, 6.07) is 9.16. The third-order valence-corrected chi connectivity index (χ3v) is 4.54. The van der Waals surface area contributed by atoms with Gasteiger partial charge in [-0.1, -0.05) is 24.3 Å². The molecule has 118 valence electrons. The quantitative estimate of drug-likeness (QED) is 0.920. The van der Waals surface area contributed by atoms with E-state index in [2.05, 4.69) is 4.72 Å². The summed E-state index contributed by atoms with van der Waals surface area (Å²) >= 11 is 0. The molecular formula is C15H14F3NO2S. The molecule has 0 fully saturated rings. The van der Waals surface area contributed by atoms with Gasteiger partial charge in [0.05, 0.1) is 16.1 Å². The number of sulfonamides is 1. The van der Waals surface area contributed by atoms with E-state index < -0.39 is 26.7 Å². The van der Waals surface area contributed by atoms with E-state index >= 15 is 0 Å². The maximum absolute atomic E-state index is 13.0. The second-order valence-electron chi connectivity index (χ2n) is 4.92. The first-order chi connectivity index (χ1) is 10.1. The Morgan fingerprint density at radius 1 is 1.00 bits per heavy atom. The van der Waals surface area contributed by atoms with E-state index in [0.717, 1.165) is 23.8 Å². The van der Waals surface area contributed by atoms with E-state index in [9.17, 15) is 21.6 Å². The molecule has 0 saturated carbocycles. The fraction of sp³-hybridized carbons (Fsp3) is 0.200. The van der Waals surface area contributed by atoms with Crippen molar-refractivity contribution in [2.45, 2.75) is 24.9 Å². The Kier molecular flexibility index (Phi) is 4.19. The number of rotatable bonds is 3. The van der Waals surface area contributed by atoms with Gasteiger partial charge in [-0.15, -0.1) is 0 Å². The molecule has 0 radical (unpaired) electrons. The predicted octanol–water partition coefficient (Wildman–Crippen LogP) is 4.12. The van der Waals surface area contributed by atoms with Gasteiger partial charge in [-0.25, -0.2) is 8.42 Å². The summed E-state index contributed by atoms with van der Waals surface area (Å²) < 4.78 is 65.8. The number of alkyl halides is 3. The highest BCUT2D eigenvalue weighted by atomic mass is 32.2. The van der Waals surface area contributed by atoms with Crippen molar-refractivity contribution >= 4 is 15.7 Å². The summed E-state index contributed by atoms with van der Waals surface area (Å²) in [7, 11) is -4.34. The Morgan fingerprint density at radius 3 is 2.27 bits per heavy atom. The molecule has 0 aromatic heterocycles. The van der Waals surface area contributed by atoms with Crippen molar-refractivity contribution < 1.29 is 21.6 Å². The molecule has 0 heterocycles. The van der Waals surface area contributed by atoms with Gasteiger partial charge in [-0.05, 0) is 43.2 Å². The molecule has 1 N–H and O–H groups in total. The van der Waals surface area contributed by atoms with Crippen LogP contribution in [0.4, 0.5) is 18.9 Å². The molecule has 0 aliphatic carbocycles. The van der Waals surface area contributed by atoms with E-state index in [-0.39, 0.29) is 5.69 Å². The van der Waals surface area contributed by atoms with Crippen LogP contribution in [0.25, 0.3) is 0 Å². The Bertz CT molecular complexity index is 799. The molecular weight excluding hydrogens is 315 g/mol. The number of hydrogen-bond donors (Lipinski definition) is 1. The van der Waals surface area contributed by atoms with Gasteiger partial charge in [0, 0.05) is 0 Å². The summed E-state index contributed by atoms with van der Waals surface area (Å²) in [4.78, 5) is -0.789. The standard InChI is InChI=1S/C15H14F3NO2S/c1-10-7-8-11(2)13(9-10)19-22(20,21)14-6-4-3-5-12(14)15(16,17)18/h3-9,19H,1-2H3. The predicted molar refractivity (Wildman–Crippen MR) is 78.2 cm³/mol. The maximum Gasteiger partial charge on any atom is 0.417 e. The Hall–Kier alpha value is -2.02. The van der Waals surface area contributed by atoms with E-state index in [1.54, 1.807) is 32.0 Å². The zero-order valence-corrected chi connectivity index (χ0v) is 12.7. The summed E-state index contributed by atoms with van der Waals surface area (Å²) in [5.41, 5.74) is 0.496. The molecule has 2 aromatic carbocycles. The topological polar surface area (TPSA) is 46.2 Å². The van der Waals surface area contributed by atoms with Gasteiger partial charge in [0.25, 0.3) is 10.0 Å². The van der Waals surface area contributed by atoms with E-state index in [0.29, 0.717) is 5.56 Å². The van der Waals surface area contributed by atoms with Crippen molar-refractivity contribution in [3.05, 3.63) is 59.2 Å². The zero-order valence-electron chi connectivity index (χ0n) is 11.9. The number of nitrogens with one attached hydrogen (secondary N) is 1. The largest absolute Gasteiger partial charge is 0.417 e. The monoisotopic (exact) mass is 329 g/mol. The molecule has 22 heavy (non-hydrogen) atoms. The molecule has 0 spiro atoms. The van der Waals surface area contributed by atoms with E-state index in [1.807, 2.05) is 0 Å². The number of benzene rings is 2. The summed E-state index contributed by atoms with van der Waals surface area (Å²) in [5.74, 6) is 0. The lowest BCUT2D eigenvalue weighted by molar-refractivity contribution is -0.139. The Balaban J connectivity index is 2.51. The van der Waals surface area contributed by atoms with Crippen molar-refractivity contribution in [3.63, 3.8) is 0 Å². The molecule has 0 amide bonds. The lowest BCUT2D eigenvalue weighted by Gasteiger charge is -2.15. The van der Waals surface area contributed by atoms with Crippen LogP contribution in [0.3, 0.4) is 0 Å². The van der Waals surface area contributed by atoms with Crippen LogP contribution >= 0.6 is 0 Å². The van der Waals surface area contributed by atoms with Crippen molar-refractivity contribution in [1.29, 1.82) is 0 Å². The fourth-order valence-corrected chi connectivity index (χ4v) is 3.33. The van der Waals surface area contributed by atoms with E-state index in [4.69, 9.17) is 0 Å². The minimum absolute atomic E-state index is 0.261. The highest BCUT2D eigenvalue weighted by Crippen LogP contribution is 2.34. The Labute approximate surface area is 126 Å². The van der Waals surface area contributed by atoms with Crippen molar-refractivity contribution in [2.75, 3.05) is 4.72 Å². The molecule has 0 atom stereocenters. The first kappa shape index (κ1) is 16.4. The summed E-state index contributed by atoms with van der Waals surface area (Å²) in [5, 5.41) is 0. The maximum atomic E-state index is 13.0. The van der Waals surface area contributed by atoms with Gasteiger partial charge in [0.2, 0.25) is 0 Å². The minimum Gasteiger partial charge on any atom is -0.279 e. The minimum atomic E-state index is -4.74. The molecule has 2 rings (SSSR count). The third kappa shape index (κ3) is 3.41. The second-order valence-corrected chi connectivity index (χ2v) is 6.57. The molecule has 0 aliphatic heterocycles. The van der Waals surface area contributed by atoms with Crippen LogP contribution in [0.15, 0.2) is 47.4 Å². The van der Waals surface area contributed by atoms with Crippen molar-refractivity contribution in [3.8, 4) is 0 Å². The smallest absolute Gasteiger partial charge is 0.279 e. The van der Waals surface area contributed by atoms with Crippen LogP contribution in [-0.4, -0.2) is 8.42 Å². The van der Waals surface area contributed by atoms with Crippen LogP contribution in [0, 0.1) is 13.8 Å². The van der Waals surface area contributed by atoms with Gasteiger partial charge in [0.1, 0.15) is 0 Å². The molecule has 2 aromatic rings. The molecule has 7 heteroatoms. The molecule has 0 unspecified atom stereocenters. The van der Waals surface area contributed by atoms with Gasteiger partial charge >= 0.3 is 6.18 Å². The average Bonchev–Trinajstić information content (AvgIpc) is 2.42. The SMILES string of the molecule is Cc1ccc(C)c(NS(=O)(=O)c2ccccc2C(F)(F)F)c1. The van der Waals surface area contributed by atoms with Crippen LogP contribution in [0.2, 0.25) is 0 Å². The summed E-state index contributed by atoms with van der Waals surface area (Å²) in [6.45, 7) is 3.44. The van der Waals surface area contributed by atoms with Gasteiger partial charge in [0.15, 0.2) is 0 Å². The van der Waals surface area contributed by atoms with Crippen molar-refractivity contribution in [2.24, 2.45) is 0 Å². The zero-order chi connectivity index (χ0) is 16.5. The second kappa shape index (κ2) is 5.64. The van der Waals surface area contributed by atoms with Gasteiger partial charge in [-0.3, -0.25) is 4.72 Å². The first-order valence-electron chi connectivity index (χ1n) is 6.37. The van der Waals surface area contributed by atoms with Gasteiger partial charge in [-0.2, -0.15) is 13.2 Å². The van der Waals surface area contributed by atoms with Crippen LogP contribution in [0.1, 0.15) is 16.7 Å². The van der Waals surface area contributed by atoms with Crippen LogP contribution < -0.4 is 4.72 Å². The van der Waals surface area contributed by atoms with Crippen LogP contribution in [-0.2, 0) is 16.2 Å². The molecule has 0 aliphatic rings. The summed E-state index contributed by atoms with van der Waals surface area (Å²) in [6.07, 6.45) is -4.74. The first-order valence-corrected chi connectivity index (χ1v) is 7.86. The highest BCUT2D eigenvalue weighted by molar-refractivity contribution is 7.92. The van der Waals surface area contributed by atoms with Crippen LogP contribution in [0.5, 0.6) is 0 Å². The van der Waals surface area contributed by atoms with E-state index in [1.165, 1.54) is 6.07 Å². The average molecular weight is 329 g/mol. The third-order valence-electron chi connectivity index (χ3n) is 3.12.